The summed E-state index contributed by atoms with van der Waals surface area (Å²) in [5.74, 6) is 0.849. The lowest BCUT2D eigenvalue weighted by Crippen LogP contribution is -2.03. The monoisotopic (exact) mass is 257 g/mol. The normalized spacial score (nSPS) is 10.3. The molecule has 0 unspecified atom stereocenters. The van der Waals surface area contributed by atoms with Crippen molar-refractivity contribution in [3.8, 4) is 5.75 Å². The Morgan fingerprint density at radius 1 is 1.21 bits per heavy atom. The number of hydrogen-bond acceptors (Lipinski definition) is 4. The lowest BCUT2D eigenvalue weighted by molar-refractivity contribution is 0.336. The van der Waals surface area contributed by atoms with Crippen molar-refractivity contribution in [2.24, 2.45) is 5.73 Å². The molecule has 1 aromatic carbocycles. The highest BCUT2D eigenvalue weighted by Gasteiger charge is 2.04. The lowest BCUT2D eigenvalue weighted by Gasteiger charge is -2.12. The van der Waals surface area contributed by atoms with E-state index in [2.05, 4.69) is 10.3 Å². The van der Waals surface area contributed by atoms with Gasteiger partial charge < -0.3 is 15.8 Å². The van der Waals surface area contributed by atoms with Crippen LogP contribution >= 0.6 is 0 Å². The van der Waals surface area contributed by atoms with Crippen LogP contribution in [0.5, 0.6) is 5.75 Å². The van der Waals surface area contributed by atoms with E-state index in [1.54, 1.807) is 6.20 Å². The van der Waals surface area contributed by atoms with Gasteiger partial charge in [0.05, 0.1) is 6.61 Å². The first kappa shape index (κ1) is 13.4. The molecule has 0 aliphatic heterocycles. The van der Waals surface area contributed by atoms with Crippen molar-refractivity contribution in [1.82, 2.24) is 4.98 Å². The zero-order valence-corrected chi connectivity index (χ0v) is 11.3. The molecule has 0 aliphatic rings. The van der Waals surface area contributed by atoms with Crippen molar-refractivity contribution in [1.29, 1.82) is 0 Å². The second-order valence-electron chi connectivity index (χ2n) is 4.27. The van der Waals surface area contributed by atoms with E-state index in [1.165, 1.54) is 0 Å². The van der Waals surface area contributed by atoms with E-state index in [4.69, 9.17) is 10.5 Å². The van der Waals surface area contributed by atoms with Gasteiger partial charge in [-0.15, -0.1) is 0 Å². The molecule has 1 aromatic heterocycles. The number of nitrogens with two attached hydrogens (primary N) is 1. The van der Waals surface area contributed by atoms with Crippen LogP contribution in [-0.4, -0.2) is 11.6 Å². The fourth-order valence-electron chi connectivity index (χ4n) is 1.90. The molecule has 2 rings (SSSR count). The van der Waals surface area contributed by atoms with Crippen LogP contribution < -0.4 is 15.8 Å². The molecule has 4 heteroatoms. The summed E-state index contributed by atoms with van der Waals surface area (Å²) >= 11 is 0. The molecule has 1 heterocycles. The standard InChI is InChI=1S/C15H19N3O/c1-3-19-15-5-4-13(9-12(15)10-16)18-14-6-7-17-11(2)8-14/h4-9H,3,10,16H2,1-2H3,(H,17,18). The van der Waals surface area contributed by atoms with Crippen molar-refractivity contribution in [2.45, 2.75) is 20.4 Å². The van der Waals surface area contributed by atoms with E-state index in [0.29, 0.717) is 13.2 Å². The molecule has 0 atom stereocenters. The molecule has 19 heavy (non-hydrogen) atoms. The average Bonchev–Trinajstić information content (AvgIpc) is 2.41. The van der Waals surface area contributed by atoms with E-state index in [9.17, 15) is 0 Å². The van der Waals surface area contributed by atoms with Crippen LogP contribution in [0, 0.1) is 6.92 Å². The van der Waals surface area contributed by atoms with Gasteiger partial charge in [-0.25, -0.2) is 0 Å². The highest BCUT2D eigenvalue weighted by molar-refractivity contribution is 5.61. The van der Waals surface area contributed by atoms with E-state index >= 15 is 0 Å². The van der Waals surface area contributed by atoms with Crippen molar-refractivity contribution in [2.75, 3.05) is 11.9 Å². The van der Waals surface area contributed by atoms with Gasteiger partial charge in [-0.1, -0.05) is 0 Å². The maximum absolute atomic E-state index is 5.75. The predicted octanol–water partition coefficient (Wildman–Crippen LogP) is 2.99. The van der Waals surface area contributed by atoms with Gasteiger partial charge in [0.1, 0.15) is 5.75 Å². The Morgan fingerprint density at radius 2 is 2.00 bits per heavy atom. The van der Waals surface area contributed by atoms with Crippen molar-refractivity contribution >= 4 is 11.4 Å². The van der Waals surface area contributed by atoms with Gasteiger partial charge in [0.15, 0.2) is 0 Å². The van der Waals surface area contributed by atoms with Crippen molar-refractivity contribution in [3.63, 3.8) is 0 Å². The number of pyridine rings is 1. The second-order valence-corrected chi connectivity index (χ2v) is 4.27. The minimum atomic E-state index is 0.459. The Bertz CT molecular complexity index is 555. The third kappa shape index (κ3) is 3.45. The Morgan fingerprint density at radius 3 is 2.68 bits per heavy atom. The van der Waals surface area contributed by atoms with Gasteiger partial charge in [0.25, 0.3) is 0 Å². The number of nitrogens with one attached hydrogen (secondary N) is 1. The molecule has 4 nitrogen and oxygen atoms in total. The van der Waals surface area contributed by atoms with Gasteiger partial charge in [-0.05, 0) is 44.2 Å². The molecule has 0 saturated heterocycles. The van der Waals surface area contributed by atoms with E-state index in [-0.39, 0.29) is 0 Å². The highest BCUT2D eigenvalue weighted by Crippen LogP contribution is 2.25. The molecule has 0 bridgehead atoms. The average molecular weight is 257 g/mol. The summed E-state index contributed by atoms with van der Waals surface area (Å²) in [6.07, 6.45) is 1.79. The molecule has 0 aliphatic carbocycles. The number of rotatable bonds is 5. The van der Waals surface area contributed by atoms with Crippen LogP contribution in [0.3, 0.4) is 0 Å². The van der Waals surface area contributed by atoms with E-state index < -0.39 is 0 Å². The molecule has 0 saturated carbocycles. The van der Waals surface area contributed by atoms with Gasteiger partial charge in [0, 0.05) is 35.4 Å². The van der Waals surface area contributed by atoms with Crippen LogP contribution in [0.2, 0.25) is 0 Å². The SMILES string of the molecule is CCOc1ccc(Nc2ccnc(C)c2)cc1CN. The first-order valence-electron chi connectivity index (χ1n) is 6.38. The predicted molar refractivity (Wildman–Crippen MR) is 77.8 cm³/mol. The van der Waals surface area contributed by atoms with Crippen LogP contribution in [0.4, 0.5) is 11.4 Å². The van der Waals surface area contributed by atoms with Crippen LogP contribution in [0.15, 0.2) is 36.5 Å². The molecule has 0 spiro atoms. The quantitative estimate of drug-likeness (QED) is 0.864. The lowest BCUT2D eigenvalue weighted by atomic mass is 10.1. The number of aromatic nitrogens is 1. The summed E-state index contributed by atoms with van der Waals surface area (Å²) in [6.45, 7) is 5.03. The third-order valence-electron chi connectivity index (χ3n) is 2.77. The largest absolute Gasteiger partial charge is 0.494 e. The second kappa shape index (κ2) is 6.20. The zero-order chi connectivity index (χ0) is 13.7. The van der Waals surface area contributed by atoms with Crippen LogP contribution in [-0.2, 0) is 6.54 Å². The minimum Gasteiger partial charge on any atom is -0.494 e. The van der Waals surface area contributed by atoms with Crippen molar-refractivity contribution < 1.29 is 4.74 Å². The first-order chi connectivity index (χ1) is 9.22. The number of anilines is 2. The van der Waals surface area contributed by atoms with E-state index in [1.807, 2.05) is 44.2 Å². The Hall–Kier alpha value is -2.07. The molecular weight excluding hydrogens is 238 g/mol. The number of nitrogens with zero attached hydrogens (tertiary/aromatic N) is 1. The summed E-state index contributed by atoms with van der Waals surface area (Å²) in [4.78, 5) is 4.17. The Labute approximate surface area is 113 Å². The summed E-state index contributed by atoms with van der Waals surface area (Å²) in [5.41, 5.74) is 9.74. The summed E-state index contributed by atoms with van der Waals surface area (Å²) < 4.78 is 5.53. The third-order valence-corrected chi connectivity index (χ3v) is 2.77. The van der Waals surface area contributed by atoms with Gasteiger partial charge in [0.2, 0.25) is 0 Å². The topological polar surface area (TPSA) is 60.2 Å². The molecule has 0 fully saturated rings. The summed E-state index contributed by atoms with van der Waals surface area (Å²) in [6, 6.07) is 9.88. The molecule has 0 radical (unpaired) electrons. The maximum Gasteiger partial charge on any atom is 0.123 e. The number of ether oxygens (including phenoxy) is 1. The fourth-order valence-corrected chi connectivity index (χ4v) is 1.90. The number of hydrogen-bond donors (Lipinski definition) is 2. The fraction of sp³-hybridized carbons (Fsp3) is 0.267. The van der Waals surface area contributed by atoms with Gasteiger partial charge >= 0.3 is 0 Å². The number of benzene rings is 1. The van der Waals surface area contributed by atoms with Crippen molar-refractivity contribution in [3.05, 3.63) is 47.8 Å². The van der Waals surface area contributed by atoms with Gasteiger partial charge in [-0.2, -0.15) is 0 Å². The van der Waals surface area contributed by atoms with Gasteiger partial charge in [-0.3, -0.25) is 4.98 Å². The molecule has 2 aromatic rings. The molecule has 3 N–H and O–H groups in total. The van der Waals surface area contributed by atoms with Crippen LogP contribution in [0.25, 0.3) is 0 Å². The summed E-state index contributed by atoms with van der Waals surface area (Å²) in [7, 11) is 0. The first-order valence-corrected chi connectivity index (χ1v) is 6.38. The summed E-state index contributed by atoms with van der Waals surface area (Å²) in [5, 5.41) is 3.34. The number of aryl methyl sites for hydroxylation is 1. The minimum absolute atomic E-state index is 0.459. The Kier molecular flexibility index (Phi) is 4.36. The van der Waals surface area contributed by atoms with E-state index in [0.717, 1.165) is 28.4 Å². The molecule has 0 amide bonds. The smallest absolute Gasteiger partial charge is 0.123 e. The Balaban J connectivity index is 2.21. The van der Waals surface area contributed by atoms with Crippen LogP contribution in [0.1, 0.15) is 18.2 Å². The molecular formula is C15H19N3O. The zero-order valence-electron chi connectivity index (χ0n) is 11.3. The molecule has 100 valence electrons. The maximum atomic E-state index is 5.75. The highest BCUT2D eigenvalue weighted by atomic mass is 16.5.